The molecule has 5 rings (SSSR count). The Labute approximate surface area is 149 Å². The molecule has 0 aromatic heterocycles. The molecule has 2 bridgehead atoms. The highest BCUT2D eigenvalue weighted by Crippen LogP contribution is 2.49. The van der Waals surface area contributed by atoms with Crippen LogP contribution in [0.1, 0.15) is 31.7 Å². The summed E-state index contributed by atoms with van der Waals surface area (Å²) in [5.41, 5.74) is -0.813. The summed E-state index contributed by atoms with van der Waals surface area (Å²) in [6, 6.07) is 4.54. The fourth-order valence-electron chi connectivity index (χ4n) is 5.03. The van der Waals surface area contributed by atoms with Crippen molar-refractivity contribution in [2.24, 2.45) is 17.8 Å². The van der Waals surface area contributed by atoms with Crippen LogP contribution in [0.25, 0.3) is 0 Å². The second-order valence-electron chi connectivity index (χ2n) is 7.51. The van der Waals surface area contributed by atoms with Crippen molar-refractivity contribution in [2.45, 2.75) is 38.4 Å². The van der Waals surface area contributed by atoms with E-state index in [4.69, 9.17) is 0 Å². The Morgan fingerprint density at radius 3 is 2.54 bits per heavy atom. The highest BCUT2D eigenvalue weighted by atomic mass is 19.4. The average Bonchev–Trinajstić information content (AvgIpc) is 2.88. The van der Waals surface area contributed by atoms with E-state index in [0.717, 1.165) is 49.4 Å². The van der Waals surface area contributed by atoms with E-state index in [-0.39, 0.29) is 35.4 Å². The number of alkyl halides is 3. The predicted molar refractivity (Wildman–Crippen MR) is 89.3 cm³/mol. The first-order valence-corrected chi connectivity index (χ1v) is 9.12. The molecule has 4 atom stereocenters. The van der Waals surface area contributed by atoms with Crippen molar-refractivity contribution in [3.8, 4) is 0 Å². The number of carbonyl (C=O) groups is 2. The number of hydrogen-bond donors (Lipinski definition) is 0. The molecule has 2 amide bonds. The van der Waals surface area contributed by atoms with Gasteiger partial charge in [0.05, 0.1) is 23.1 Å². The van der Waals surface area contributed by atoms with E-state index in [9.17, 15) is 22.8 Å². The first-order chi connectivity index (χ1) is 12.3. The number of carbonyl (C=O) groups excluding carboxylic acids is 2. The Bertz CT molecular complexity index is 749. The van der Waals surface area contributed by atoms with Crippen LogP contribution in [-0.4, -0.2) is 35.8 Å². The van der Waals surface area contributed by atoms with Crippen molar-refractivity contribution in [2.75, 3.05) is 18.0 Å². The minimum Gasteiger partial charge on any atom is -0.299 e. The van der Waals surface area contributed by atoms with Gasteiger partial charge in [0, 0.05) is 12.6 Å². The molecule has 3 saturated heterocycles. The van der Waals surface area contributed by atoms with Crippen molar-refractivity contribution < 1.29 is 22.8 Å². The summed E-state index contributed by atoms with van der Waals surface area (Å²) >= 11 is 0. The lowest BCUT2D eigenvalue weighted by Crippen LogP contribution is -2.58. The van der Waals surface area contributed by atoms with Crippen LogP contribution in [0.15, 0.2) is 24.3 Å². The molecule has 1 aliphatic carbocycles. The molecule has 4 nitrogen and oxygen atoms in total. The number of amides is 2. The molecule has 1 aromatic rings. The van der Waals surface area contributed by atoms with Crippen LogP contribution in [0.2, 0.25) is 0 Å². The highest BCUT2D eigenvalue weighted by molar-refractivity contribution is 6.22. The van der Waals surface area contributed by atoms with Crippen molar-refractivity contribution in [1.82, 2.24) is 4.90 Å². The van der Waals surface area contributed by atoms with E-state index in [2.05, 4.69) is 11.8 Å². The lowest BCUT2D eigenvalue weighted by Gasteiger charge is -2.50. The lowest BCUT2D eigenvalue weighted by molar-refractivity contribution is -0.137. The molecule has 0 spiro atoms. The molecule has 1 unspecified atom stereocenters. The Hall–Kier alpha value is -1.89. The maximum absolute atomic E-state index is 13.0. The first kappa shape index (κ1) is 17.5. The molecule has 1 saturated carbocycles. The van der Waals surface area contributed by atoms with Crippen molar-refractivity contribution >= 4 is 17.5 Å². The van der Waals surface area contributed by atoms with Crippen molar-refractivity contribution in [1.29, 1.82) is 0 Å². The number of nitrogens with zero attached hydrogens (tertiary/aromatic N) is 2. The van der Waals surface area contributed by atoms with Crippen LogP contribution in [0, 0.1) is 17.8 Å². The number of hydrogen-bond acceptors (Lipinski definition) is 3. The molecule has 140 valence electrons. The smallest absolute Gasteiger partial charge is 0.299 e. The fraction of sp³-hybridized carbons (Fsp3) is 0.579. The van der Waals surface area contributed by atoms with Crippen LogP contribution in [0.5, 0.6) is 0 Å². The maximum atomic E-state index is 13.0. The Balaban J connectivity index is 1.69. The topological polar surface area (TPSA) is 40.6 Å². The van der Waals surface area contributed by atoms with E-state index in [0.29, 0.717) is 0 Å². The normalized spacial score (nSPS) is 31.6. The summed E-state index contributed by atoms with van der Waals surface area (Å²) in [6.07, 6.45) is -1.76. The zero-order valence-corrected chi connectivity index (χ0v) is 14.5. The third-order valence-corrected chi connectivity index (χ3v) is 6.03. The average molecular weight is 366 g/mol. The predicted octanol–water partition coefficient (Wildman–Crippen LogP) is 3.32. The van der Waals surface area contributed by atoms with Gasteiger partial charge in [-0.2, -0.15) is 13.2 Å². The molecular formula is C19H21F3N2O2. The van der Waals surface area contributed by atoms with Gasteiger partial charge >= 0.3 is 6.18 Å². The number of piperidine rings is 2. The minimum atomic E-state index is -4.51. The fourth-order valence-corrected chi connectivity index (χ4v) is 5.03. The van der Waals surface area contributed by atoms with Gasteiger partial charge in [-0.3, -0.25) is 14.5 Å². The summed E-state index contributed by atoms with van der Waals surface area (Å²) in [6.45, 7) is 3.76. The van der Waals surface area contributed by atoms with Gasteiger partial charge in [0.15, 0.2) is 0 Å². The van der Waals surface area contributed by atoms with Gasteiger partial charge in [-0.1, -0.05) is 13.0 Å². The third kappa shape index (κ3) is 2.55. The van der Waals surface area contributed by atoms with Gasteiger partial charge in [-0.15, -0.1) is 0 Å². The number of halogens is 3. The second-order valence-corrected chi connectivity index (χ2v) is 7.51. The summed E-state index contributed by atoms with van der Waals surface area (Å²) in [7, 11) is 0. The molecule has 4 aliphatic rings. The molecular weight excluding hydrogens is 345 g/mol. The van der Waals surface area contributed by atoms with Crippen LogP contribution < -0.4 is 4.90 Å². The summed E-state index contributed by atoms with van der Waals surface area (Å²) in [4.78, 5) is 29.3. The molecule has 26 heavy (non-hydrogen) atoms. The van der Waals surface area contributed by atoms with Gasteiger partial charge in [0.25, 0.3) is 0 Å². The lowest BCUT2D eigenvalue weighted by atomic mass is 9.66. The molecule has 0 N–H and O–H groups in total. The molecule has 3 aliphatic heterocycles. The Morgan fingerprint density at radius 1 is 1.12 bits per heavy atom. The van der Waals surface area contributed by atoms with E-state index in [1.807, 2.05) is 0 Å². The molecule has 7 heteroatoms. The quantitative estimate of drug-likeness (QED) is 0.771. The minimum absolute atomic E-state index is 0.0252. The van der Waals surface area contributed by atoms with Crippen LogP contribution >= 0.6 is 0 Å². The van der Waals surface area contributed by atoms with E-state index in [1.165, 1.54) is 12.1 Å². The monoisotopic (exact) mass is 366 g/mol. The Morgan fingerprint density at radius 2 is 1.85 bits per heavy atom. The number of anilines is 1. The highest BCUT2D eigenvalue weighted by Gasteiger charge is 2.60. The maximum Gasteiger partial charge on any atom is 0.416 e. The number of benzene rings is 1. The van der Waals surface area contributed by atoms with Crippen molar-refractivity contribution in [3.63, 3.8) is 0 Å². The van der Waals surface area contributed by atoms with Gasteiger partial charge in [-0.25, -0.2) is 4.90 Å². The van der Waals surface area contributed by atoms with Crippen LogP contribution in [0.3, 0.4) is 0 Å². The van der Waals surface area contributed by atoms with E-state index in [1.54, 1.807) is 0 Å². The van der Waals surface area contributed by atoms with Gasteiger partial charge in [-0.05, 0) is 49.9 Å². The number of fused-ring (bicyclic) bond motifs is 2. The Kier molecular flexibility index (Phi) is 4.10. The van der Waals surface area contributed by atoms with Crippen molar-refractivity contribution in [3.05, 3.63) is 29.8 Å². The van der Waals surface area contributed by atoms with Gasteiger partial charge < -0.3 is 0 Å². The van der Waals surface area contributed by atoms with E-state index < -0.39 is 17.7 Å². The molecule has 0 radical (unpaired) electrons. The largest absolute Gasteiger partial charge is 0.416 e. The summed E-state index contributed by atoms with van der Waals surface area (Å²) in [5, 5.41) is 0. The van der Waals surface area contributed by atoms with Gasteiger partial charge in [0.1, 0.15) is 0 Å². The van der Waals surface area contributed by atoms with Crippen LogP contribution in [0.4, 0.5) is 18.9 Å². The summed E-state index contributed by atoms with van der Waals surface area (Å²) < 4.78 is 39.1. The summed E-state index contributed by atoms with van der Waals surface area (Å²) in [5.74, 6) is -1.36. The SMILES string of the molecule is CCCN1CC2CC[C@@H]1[C@H]1C(=O)N(c3cccc(C(F)(F)F)c3)C(=O)[C@@H]21. The first-order valence-electron chi connectivity index (χ1n) is 9.12. The zero-order chi connectivity index (χ0) is 18.6. The standard InChI is InChI=1S/C19H21F3N2O2/c1-2-8-23-10-11-6-7-14(23)16-15(11)17(25)24(18(16)26)13-5-3-4-12(9-13)19(20,21)22/h3-5,9,11,14-16H,2,6-8,10H2,1H3/t11?,14-,15+,16-/m1/s1. The second kappa shape index (κ2) is 6.08. The molecule has 4 fully saturated rings. The van der Waals surface area contributed by atoms with Crippen LogP contribution in [-0.2, 0) is 15.8 Å². The third-order valence-electron chi connectivity index (χ3n) is 6.03. The van der Waals surface area contributed by atoms with Gasteiger partial charge in [0.2, 0.25) is 11.8 Å². The van der Waals surface area contributed by atoms with E-state index >= 15 is 0 Å². The number of rotatable bonds is 3. The molecule has 1 aromatic carbocycles. The zero-order valence-electron chi connectivity index (χ0n) is 14.5. The number of imide groups is 1. The molecule has 3 heterocycles.